The molecule has 4 nitrogen and oxygen atoms in total. The Hall–Kier alpha value is -1.07. The van der Waals surface area contributed by atoms with Gasteiger partial charge in [0, 0.05) is 17.9 Å². The number of benzene rings is 1. The molecule has 1 rings (SSSR count). The number of non-ortho nitro benzene ring substituents is 1. The molecule has 0 heterocycles. The number of nitro benzene ring substituents is 1. The molecule has 1 aromatic rings. The number of hydrogen-bond acceptors (Lipinski definition) is 4. The summed E-state index contributed by atoms with van der Waals surface area (Å²) in [4.78, 5) is 9.84. The van der Waals surface area contributed by atoms with E-state index in [1.54, 1.807) is 12.1 Å². The molecule has 0 aliphatic carbocycles. The normalized spacial score (nSPS) is 9.75. The summed E-state index contributed by atoms with van der Waals surface area (Å²) >= 11 is 0.653. The van der Waals surface area contributed by atoms with Crippen LogP contribution in [-0.4, -0.2) is 9.48 Å². The summed E-state index contributed by atoms with van der Waals surface area (Å²) < 4.78 is 8.50. The molecule has 12 heavy (non-hydrogen) atoms. The third-order valence-corrected chi connectivity index (χ3v) is 1.82. The fourth-order valence-corrected chi connectivity index (χ4v) is 1.16. The molecule has 1 N–H and O–H groups in total. The van der Waals surface area contributed by atoms with Crippen LogP contribution in [0.25, 0.3) is 0 Å². The van der Waals surface area contributed by atoms with Crippen molar-refractivity contribution >= 4 is 17.7 Å². The summed E-state index contributed by atoms with van der Waals surface area (Å²) in [5.41, 5.74) is 0.804. The van der Waals surface area contributed by atoms with Crippen LogP contribution in [0.1, 0.15) is 5.56 Å². The lowest BCUT2D eigenvalue weighted by atomic mass is 10.2. The van der Waals surface area contributed by atoms with Gasteiger partial charge in [0.1, 0.15) is 0 Å². The molecule has 1 aromatic carbocycles. The van der Waals surface area contributed by atoms with Crippen LogP contribution in [0, 0.1) is 10.1 Å². The lowest BCUT2D eigenvalue weighted by Gasteiger charge is -1.95. The summed E-state index contributed by atoms with van der Waals surface area (Å²) in [7, 11) is 0. The predicted molar refractivity (Wildman–Crippen MR) is 47.0 cm³/mol. The highest BCUT2D eigenvalue weighted by Crippen LogP contribution is 2.16. The zero-order chi connectivity index (χ0) is 8.97. The van der Waals surface area contributed by atoms with Crippen LogP contribution in [0.3, 0.4) is 0 Å². The van der Waals surface area contributed by atoms with Gasteiger partial charge in [-0.15, -0.1) is 0 Å². The maximum atomic E-state index is 10.3. The average Bonchev–Trinajstić information content (AvgIpc) is 2.05. The Morgan fingerprint density at radius 3 is 2.92 bits per heavy atom. The second-order valence-electron chi connectivity index (χ2n) is 2.20. The molecular formula is C7H7NO3S. The van der Waals surface area contributed by atoms with E-state index in [-0.39, 0.29) is 5.69 Å². The minimum atomic E-state index is -0.453. The summed E-state index contributed by atoms with van der Waals surface area (Å²) in [5, 5.41) is 10.3. The maximum Gasteiger partial charge on any atom is 0.269 e. The number of nitrogens with zero attached hydrogens (tertiary/aromatic N) is 1. The molecule has 0 saturated heterocycles. The third-order valence-electron chi connectivity index (χ3n) is 1.35. The predicted octanol–water partition coefficient (Wildman–Crippen LogP) is 2.30. The fourth-order valence-electron chi connectivity index (χ4n) is 0.834. The monoisotopic (exact) mass is 185 g/mol. The van der Waals surface area contributed by atoms with Crippen LogP contribution >= 0.6 is 12.0 Å². The van der Waals surface area contributed by atoms with Crippen LogP contribution in [0.15, 0.2) is 24.3 Å². The molecule has 0 fully saturated rings. The lowest BCUT2D eigenvalue weighted by Crippen LogP contribution is -1.88. The smallest absolute Gasteiger partial charge is 0.269 e. The molecule has 0 aromatic heterocycles. The Balaban J connectivity index is 2.88. The second-order valence-corrected chi connectivity index (χ2v) is 2.75. The van der Waals surface area contributed by atoms with E-state index in [0.717, 1.165) is 5.56 Å². The van der Waals surface area contributed by atoms with Gasteiger partial charge in [-0.05, 0) is 17.6 Å². The largest absolute Gasteiger partial charge is 0.330 e. The summed E-state index contributed by atoms with van der Waals surface area (Å²) in [6.45, 7) is 0. The van der Waals surface area contributed by atoms with Crippen LogP contribution in [0.5, 0.6) is 0 Å². The highest BCUT2D eigenvalue weighted by Gasteiger charge is 2.04. The Morgan fingerprint density at radius 2 is 2.33 bits per heavy atom. The van der Waals surface area contributed by atoms with E-state index in [0.29, 0.717) is 17.8 Å². The van der Waals surface area contributed by atoms with E-state index >= 15 is 0 Å². The molecular weight excluding hydrogens is 178 g/mol. The minimum absolute atomic E-state index is 0.0570. The highest BCUT2D eigenvalue weighted by atomic mass is 32.2. The standard InChI is InChI=1S/C7H7NO3S/c9-8(10)7-3-1-2-6(4-7)5-12-11/h1-4,11H,5H2. The lowest BCUT2D eigenvalue weighted by molar-refractivity contribution is -0.384. The molecule has 64 valence electrons. The second kappa shape index (κ2) is 4.08. The van der Waals surface area contributed by atoms with Gasteiger partial charge in [0.05, 0.1) is 4.92 Å². The van der Waals surface area contributed by atoms with E-state index in [9.17, 15) is 10.1 Å². The first-order valence-corrected chi connectivity index (χ1v) is 4.18. The van der Waals surface area contributed by atoms with Gasteiger partial charge >= 0.3 is 0 Å². The van der Waals surface area contributed by atoms with E-state index < -0.39 is 4.92 Å². The van der Waals surface area contributed by atoms with Crippen LogP contribution in [0.4, 0.5) is 5.69 Å². The summed E-state index contributed by atoms with van der Waals surface area (Å²) in [5.74, 6) is 0.377. The van der Waals surface area contributed by atoms with Gasteiger partial charge in [0.25, 0.3) is 5.69 Å². The molecule has 0 aliphatic heterocycles. The number of hydrogen-bond donors (Lipinski definition) is 1. The van der Waals surface area contributed by atoms with E-state index in [2.05, 4.69) is 0 Å². The first-order valence-electron chi connectivity index (χ1n) is 3.23. The van der Waals surface area contributed by atoms with E-state index in [1.807, 2.05) is 0 Å². The van der Waals surface area contributed by atoms with Crippen molar-refractivity contribution in [2.24, 2.45) is 0 Å². The van der Waals surface area contributed by atoms with Crippen molar-refractivity contribution in [1.82, 2.24) is 0 Å². The Kier molecular flexibility index (Phi) is 3.07. The number of rotatable bonds is 3. The topological polar surface area (TPSA) is 63.4 Å². The first-order chi connectivity index (χ1) is 5.74. The van der Waals surface area contributed by atoms with Crippen molar-refractivity contribution in [1.29, 1.82) is 0 Å². The van der Waals surface area contributed by atoms with Gasteiger partial charge in [-0.3, -0.25) is 10.1 Å². The third kappa shape index (κ3) is 2.21. The fraction of sp³-hybridized carbons (Fsp3) is 0.143. The quantitative estimate of drug-likeness (QED) is 0.446. The zero-order valence-electron chi connectivity index (χ0n) is 6.14. The summed E-state index contributed by atoms with van der Waals surface area (Å²) in [6.07, 6.45) is 0. The number of nitro groups is 1. The van der Waals surface area contributed by atoms with Gasteiger partial charge in [0.15, 0.2) is 0 Å². The van der Waals surface area contributed by atoms with E-state index in [4.69, 9.17) is 4.55 Å². The molecule has 0 radical (unpaired) electrons. The van der Waals surface area contributed by atoms with Gasteiger partial charge in [-0.1, -0.05) is 12.1 Å². The Labute approximate surface area is 73.6 Å². The molecule has 0 amide bonds. The molecule has 0 aliphatic rings. The van der Waals surface area contributed by atoms with Gasteiger partial charge in [-0.25, -0.2) is 0 Å². The molecule has 0 atom stereocenters. The average molecular weight is 185 g/mol. The van der Waals surface area contributed by atoms with Gasteiger partial charge in [0.2, 0.25) is 0 Å². The van der Waals surface area contributed by atoms with Gasteiger partial charge in [-0.2, -0.15) is 0 Å². The van der Waals surface area contributed by atoms with Crippen molar-refractivity contribution in [2.45, 2.75) is 5.75 Å². The van der Waals surface area contributed by atoms with Crippen molar-refractivity contribution < 1.29 is 9.48 Å². The SMILES string of the molecule is O=[N+]([O-])c1cccc(CSO)c1. The maximum absolute atomic E-state index is 10.3. The van der Waals surface area contributed by atoms with Crippen LogP contribution < -0.4 is 0 Å². The van der Waals surface area contributed by atoms with E-state index in [1.165, 1.54) is 12.1 Å². The zero-order valence-corrected chi connectivity index (χ0v) is 6.95. The van der Waals surface area contributed by atoms with Crippen molar-refractivity contribution in [3.8, 4) is 0 Å². The van der Waals surface area contributed by atoms with Crippen molar-refractivity contribution in [3.05, 3.63) is 39.9 Å². The molecule has 5 heteroatoms. The molecule has 0 saturated carbocycles. The first kappa shape index (κ1) is 9.02. The highest BCUT2D eigenvalue weighted by molar-refractivity contribution is 7.92. The molecule has 0 spiro atoms. The molecule has 0 bridgehead atoms. The van der Waals surface area contributed by atoms with Crippen LogP contribution in [-0.2, 0) is 5.75 Å². The van der Waals surface area contributed by atoms with Crippen LogP contribution in [0.2, 0.25) is 0 Å². The molecule has 0 unspecified atom stereocenters. The Morgan fingerprint density at radius 1 is 1.58 bits per heavy atom. The Bertz CT molecular complexity index is 290. The van der Waals surface area contributed by atoms with Crippen molar-refractivity contribution in [2.75, 3.05) is 0 Å². The van der Waals surface area contributed by atoms with Gasteiger partial charge < -0.3 is 4.55 Å². The van der Waals surface area contributed by atoms with Crippen molar-refractivity contribution in [3.63, 3.8) is 0 Å². The summed E-state index contributed by atoms with van der Waals surface area (Å²) in [6, 6.07) is 6.20. The minimum Gasteiger partial charge on any atom is -0.330 e.